The van der Waals surface area contributed by atoms with Crippen LogP contribution in [-0.4, -0.2) is 24.5 Å². The van der Waals surface area contributed by atoms with Gasteiger partial charge in [-0.15, -0.1) is 0 Å². The second-order valence-electron chi connectivity index (χ2n) is 6.09. The number of nitrogens with one attached hydrogen (secondary N) is 1. The van der Waals surface area contributed by atoms with Crippen LogP contribution in [0.4, 0.5) is 10.8 Å². The van der Waals surface area contributed by atoms with Crippen molar-refractivity contribution in [2.45, 2.75) is 20.8 Å². The number of aromatic nitrogens is 1. The molecule has 3 aromatic rings. The number of hydrogen-bond acceptors (Lipinski definition) is 4. The topological polar surface area (TPSA) is 45.2 Å². The van der Waals surface area contributed by atoms with E-state index in [1.54, 1.807) is 11.3 Å². The van der Waals surface area contributed by atoms with Crippen molar-refractivity contribution in [3.8, 4) is 0 Å². The largest absolute Gasteiger partial charge is 0.342 e. The lowest BCUT2D eigenvalue weighted by Gasteiger charge is -2.15. The van der Waals surface area contributed by atoms with Crippen molar-refractivity contribution in [1.82, 2.24) is 4.98 Å². The van der Waals surface area contributed by atoms with Crippen LogP contribution in [0.15, 0.2) is 36.4 Å². The third kappa shape index (κ3) is 3.26. The highest BCUT2D eigenvalue weighted by Gasteiger charge is 2.14. The summed E-state index contributed by atoms with van der Waals surface area (Å²) in [5.74, 6) is -0.0421. The Morgan fingerprint density at radius 3 is 2.50 bits per heavy atom. The van der Waals surface area contributed by atoms with E-state index in [4.69, 9.17) is 4.98 Å². The van der Waals surface area contributed by atoms with Crippen LogP contribution in [0.2, 0.25) is 0 Å². The zero-order valence-electron chi connectivity index (χ0n) is 14.4. The van der Waals surface area contributed by atoms with E-state index < -0.39 is 0 Å². The molecule has 0 fully saturated rings. The van der Waals surface area contributed by atoms with Crippen molar-refractivity contribution in [3.63, 3.8) is 0 Å². The SMILES string of the molecule is Cc1ccccc1NC(=O)CN(C)c1nc2c(C)ccc(C)c2s1. The molecular weight excluding hydrogens is 318 g/mol. The Hall–Kier alpha value is -2.40. The summed E-state index contributed by atoms with van der Waals surface area (Å²) in [7, 11) is 1.90. The predicted octanol–water partition coefficient (Wildman–Crippen LogP) is 4.30. The fourth-order valence-corrected chi connectivity index (χ4v) is 3.67. The number of likely N-dealkylation sites (N-methyl/N-ethyl adjacent to an activating group) is 1. The molecule has 1 heterocycles. The minimum absolute atomic E-state index is 0.0421. The first-order valence-corrected chi connectivity index (χ1v) is 8.70. The van der Waals surface area contributed by atoms with Gasteiger partial charge < -0.3 is 10.2 Å². The van der Waals surface area contributed by atoms with Crippen LogP contribution < -0.4 is 10.2 Å². The molecule has 0 unspecified atom stereocenters. The molecule has 124 valence electrons. The van der Waals surface area contributed by atoms with Crippen molar-refractivity contribution in [1.29, 1.82) is 0 Å². The van der Waals surface area contributed by atoms with Crippen LogP contribution in [0.1, 0.15) is 16.7 Å². The van der Waals surface area contributed by atoms with E-state index in [1.807, 2.05) is 43.1 Å². The summed E-state index contributed by atoms with van der Waals surface area (Å²) in [5.41, 5.74) is 5.32. The fraction of sp³-hybridized carbons (Fsp3) is 0.263. The Balaban J connectivity index is 1.76. The first kappa shape index (κ1) is 16.5. The van der Waals surface area contributed by atoms with Crippen molar-refractivity contribution in [2.75, 3.05) is 23.8 Å². The molecule has 1 N–H and O–H groups in total. The lowest BCUT2D eigenvalue weighted by molar-refractivity contribution is -0.114. The molecule has 0 aliphatic rings. The summed E-state index contributed by atoms with van der Waals surface area (Å²) in [6.45, 7) is 6.41. The Morgan fingerprint density at radius 1 is 1.08 bits per heavy atom. The highest BCUT2D eigenvalue weighted by atomic mass is 32.1. The highest BCUT2D eigenvalue weighted by Crippen LogP contribution is 2.32. The summed E-state index contributed by atoms with van der Waals surface area (Å²) in [5, 5.41) is 3.83. The standard InChI is InChI=1S/C19H21N3OS/c1-12-7-5-6-8-15(12)20-16(23)11-22(4)19-21-17-13(2)9-10-14(3)18(17)24-19/h5-10H,11H2,1-4H3,(H,20,23). The van der Waals surface area contributed by atoms with Crippen LogP contribution in [0.3, 0.4) is 0 Å². The molecule has 0 bridgehead atoms. The third-order valence-corrected chi connectivity index (χ3v) is 5.36. The van der Waals surface area contributed by atoms with E-state index in [0.29, 0.717) is 0 Å². The molecule has 1 aromatic heterocycles. The normalized spacial score (nSPS) is 10.8. The van der Waals surface area contributed by atoms with Gasteiger partial charge in [0.2, 0.25) is 5.91 Å². The fourth-order valence-electron chi connectivity index (χ4n) is 2.60. The monoisotopic (exact) mass is 339 g/mol. The number of thiazole rings is 1. The molecule has 0 aliphatic carbocycles. The van der Waals surface area contributed by atoms with Crippen molar-refractivity contribution in [2.24, 2.45) is 0 Å². The Bertz CT molecular complexity index is 862. The summed E-state index contributed by atoms with van der Waals surface area (Å²) in [6.07, 6.45) is 0. The molecule has 3 rings (SSSR count). The maximum absolute atomic E-state index is 12.3. The molecule has 5 heteroatoms. The maximum atomic E-state index is 12.3. The van der Waals surface area contributed by atoms with E-state index in [2.05, 4.69) is 31.3 Å². The number of rotatable bonds is 4. The Morgan fingerprint density at radius 2 is 1.79 bits per heavy atom. The zero-order chi connectivity index (χ0) is 17.3. The number of nitrogens with zero attached hydrogens (tertiary/aromatic N) is 2. The molecule has 0 saturated heterocycles. The lowest BCUT2D eigenvalue weighted by atomic mass is 10.1. The van der Waals surface area contributed by atoms with E-state index in [9.17, 15) is 4.79 Å². The summed E-state index contributed by atoms with van der Waals surface area (Å²) < 4.78 is 1.19. The van der Waals surface area contributed by atoms with Crippen molar-refractivity contribution in [3.05, 3.63) is 53.1 Å². The Labute approximate surface area is 146 Å². The molecule has 4 nitrogen and oxygen atoms in total. The van der Waals surface area contributed by atoms with Gasteiger partial charge in [0.1, 0.15) is 0 Å². The molecular formula is C19H21N3OS. The molecule has 0 radical (unpaired) electrons. The zero-order valence-corrected chi connectivity index (χ0v) is 15.2. The van der Waals surface area contributed by atoms with Crippen LogP contribution in [0.5, 0.6) is 0 Å². The third-order valence-electron chi connectivity index (χ3n) is 4.06. The van der Waals surface area contributed by atoms with Gasteiger partial charge in [-0.2, -0.15) is 0 Å². The average Bonchev–Trinajstić information content (AvgIpc) is 3.00. The summed E-state index contributed by atoms with van der Waals surface area (Å²) >= 11 is 1.63. The maximum Gasteiger partial charge on any atom is 0.243 e. The number of aryl methyl sites for hydroxylation is 3. The summed E-state index contributed by atoms with van der Waals surface area (Å²) in [4.78, 5) is 18.9. The van der Waals surface area contributed by atoms with Crippen LogP contribution in [-0.2, 0) is 4.79 Å². The molecule has 0 atom stereocenters. The highest BCUT2D eigenvalue weighted by molar-refractivity contribution is 7.22. The molecule has 0 spiro atoms. The van der Waals surface area contributed by atoms with Crippen LogP contribution in [0, 0.1) is 20.8 Å². The van der Waals surface area contributed by atoms with Gasteiger partial charge in [0.15, 0.2) is 5.13 Å². The first-order chi connectivity index (χ1) is 11.5. The van der Waals surface area contributed by atoms with E-state index in [1.165, 1.54) is 10.3 Å². The molecule has 0 aliphatic heterocycles. The molecule has 24 heavy (non-hydrogen) atoms. The average molecular weight is 339 g/mol. The van der Waals surface area contributed by atoms with Crippen molar-refractivity contribution >= 4 is 38.3 Å². The van der Waals surface area contributed by atoms with Crippen LogP contribution in [0.25, 0.3) is 10.2 Å². The van der Waals surface area contributed by atoms with Gasteiger partial charge in [-0.3, -0.25) is 4.79 Å². The van der Waals surface area contributed by atoms with Gasteiger partial charge in [-0.05, 0) is 43.5 Å². The number of para-hydroxylation sites is 1. The minimum Gasteiger partial charge on any atom is -0.342 e. The lowest BCUT2D eigenvalue weighted by Crippen LogP contribution is -2.30. The molecule has 0 saturated carbocycles. The second-order valence-corrected chi connectivity index (χ2v) is 7.07. The van der Waals surface area contributed by atoms with E-state index >= 15 is 0 Å². The smallest absolute Gasteiger partial charge is 0.243 e. The van der Waals surface area contributed by atoms with Gasteiger partial charge in [0.25, 0.3) is 0 Å². The van der Waals surface area contributed by atoms with Gasteiger partial charge in [0, 0.05) is 12.7 Å². The van der Waals surface area contributed by atoms with Gasteiger partial charge in [-0.1, -0.05) is 41.7 Å². The van der Waals surface area contributed by atoms with Gasteiger partial charge >= 0.3 is 0 Å². The Kier molecular flexibility index (Phi) is 4.53. The van der Waals surface area contributed by atoms with Crippen LogP contribution >= 0.6 is 11.3 Å². The van der Waals surface area contributed by atoms with Gasteiger partial charge in [0.05, 0.1) is 16.8 Å². The van der Waals surface area contributed by atoms with E-state index in [-0.39, 0.29) is 12.5 Å². The number of benzene rings is 2. The number of fused-ring (bicyclic) bond motifs is 1. The number of hydrogen-bond donors (Lipinski definition) is 1. The number of amides is 1. The predicted molar refractivity (Wildman–Crippen MR) is 102 cm³/mol. The molecule has 2 aromatic carbocycles. The van der Waals surface area contributed by atoms with E-state index in [0.717, 1.165) is 27.5 Å². The first-order valence-electron chi connectivity index (χ1n) is 7.89. The van der Waals surface area contributed by atoms with Gasteiger partial charge in [-0.25, -0.2) is 4.98 Å². The second kappa shape index (κ2) is 6.61. The quantitative estimate of drug-likeness (QED) is 0.771. The minimum atomic E-state index is -0.0421. The molecule has 1 amide bonds. The van der Waals surface area contributed by atoms with Crippen molar-refractivity contribution < 1.29 is 4.79 Å². The number of anilines is 2. The summed E-state index contributed by atoms with van der Waals surface area (Å²) in [6, 6.07) is 12.0. The number of carbonyl (C=O) groups excluding carboxylic acids is 1. The number of carbonyl (C=O) groups is 1.